The van der Waals surface area contributed by atoms with Crippen molar-refractivity contribution in [1.82, 2.24) is 14.7 Å². The summed E-state index contributed by atoms with van der Waals surface area (Å²) >= 11 is 0. The van der Waals surface area contributed by atoms with E-state index in [1.165, 1.54) is 16.8 Å². The van der Waals surface area contributed by atoms with Crippen molar-refractivity contribution in [3.05, 3.63) is 40.1 Å². The van der Waals surface area contributed by atoms with E-state index in [1.54, 1.807) is 6.92 Å². The van der Waals surface area contributed by atoms with Gasteiger partial charge in [-0.2, -0.15) is 10.4 Å². The molecule has 4 heterocycles. The van der Waals surface area contributed by atoms with Gasteiger partial charge in [0, 0.05) is 56.6 Å². The highest BCUT2D eigenvalue weighted by Crippen LogP contribution is 2.40. The molecule has 1 aromatic carbocycles. The molecule has 3 aliphatic rings. The molecule has 0 atom stereocenters. The summed E-state index contributed by atoms with van der Waals surface area (Å²) in [4.78, 5) is 16.4. The fourth-order valence-electron chi connectivity index (χ4n) is 5.24. The number of nitrogens with zero attached hydrogens (tertiary/aromatic N) is 5. The smallest absolute Gasteiger partial charge is 0.219 e. The maximum atomic E-state index is 12.2. The van der Waals surface area contributed by atoms with Gasteiger partial charge in [0.05, 0.1) is 24.2 Å². The Morgan fingerprint density at radius 1 is 1.18 bits per heavy atom. The molecule has 7 heteroatoms. The van der Waals surface area contributed by atoms with Crippen molar-refractivity contribution in [3.8, 4) is 6.07 Å². The Hall–Kier alpha value is -2.85. The van der Waals surface area contributed by atoms with Gasteiger partial charge in [0.15, 0.2) is 5.82 Å². The summed E-state index contributed by atoms with van der Waals surface area (Å²) in [6, 6.07) is 6.86. The molecule has 0 spiro atoms. The van der Waals surface area contributed by atoms with Crippen molar-refractivity contribution < 1.29 is 9.53 Å². The SMILES string of the molecule is CC.CC(=O)N1CCc2c(c(N3CCCc4cc(C)c(C#N)cc43)nn2C2CCOCC2)C1. The average molecular weight is 450 g/mol. The molecule has 5 rings (SSSR count). The minimum Gasteiger partial charge on any atom is -0.381 e. The third kappa shape index (κ3) is 4.37. The predicted octanol–water partition coefficient (Wildman–Crippen LogP) is 4.43. The van der Waals surface area contributed by atoms with Gasteiger partial charge in [-0.15, -0.1) is 0 Å². The van der Waals surface area contributed by atoms with Crippen LogP contribution in [0.4, 0.5) is 11.5 Å². The molecule has 1 amide bonds. The normalized spacial score (nSPS) is 18.0. The van der Waals surface area contributed by atoms with Crippen LogP contribution in [0.25, 0.3) is 0 Å². The molecule has 33 heavy (non-hydrogen) atoms. The molecule has 0 saturated carbocycles. The van der Waals surface area contributed by atoms with Crippen LogP contribution in [-0.2, 0) is 28.9 Å². The lowest BCUT2D eigenvalue weighted by molar-refractivity contribution is -0.129. The van der Waals surface area contributed by atoms with E-state index in [-0.39, 0.29) is 5.91 Å². The zero-order chi connectivity index (χ0) is 23.5. The van der Waals surface area contributed by atoms with Crippen molar-refractivity contribution in [3.63, 3.8) is 0 Å². The number of hydrogen-bond donors (Lipinski definition) is 0. The first-order valence-corrected chi connectivity index (χ1v) is 12.3. The largest absolute Gasteiger partial charge is 0.381 e. The summed E-state index contributed by atoms with van der Waals surface area (Å²) in [6.45, 7) is 11.4. The number of rotatable bonds is 2. The van der Waals surface area contributed by atoms with E-state index in [4.69, 9.17) is 9.84 Å². The van der Waals surface area contributed by atoms with Gasteiger partial charge in [-0.1, -0.05) is 19.9 Å². The van der Waals surface area contributed by atoms with E-state index >= 15 is 0 Å². The monoisotopic (exact) mass is 449 g/mol. The Bertz CT molecular complexity index is 1060. The maximum absolute atomic E-state index is 12.2. The van der Waals surface area contributed by atoms with Crippen molar-refractivity contribution >= 4 is 17.4 Å². The Morgan fingerprint density at radius 3 is 2.64 bits per heavy atom. The van der Waals surface area contributed by atoms with Crippen LogP contribution in [0.5, 0.6) is 0 Å². The Labute approximate surface area is 196 Å². The number of carbonyl (C=O) groups excluding carboxylic acids is 1. The second kappa shape index (κ2) is 9.96. The topological polar surface area (TPSA) is 74.4 Å². The number of anilines is 2. The van der Waals surface area contributed by atoms with Gasteiger partial charge >= 0.3 is 0 Å². The lowest BCUT2D eigenvalue weighted by Crippen LogP contribution is -2.36. The average Bonchev–Trinajstić information content (AvgIpc) is 3.23. The quantitative estimate of drug-likeness (QED) is 0.678. The van der Waals surface area contributed by atoms with E-state index in [0.29, 0.717) is 18.2 Å². The van der Waals surface area contributed by atoms with Gasteiger partial charge < -0.3 is 14.5 Å². The number of ether oxygens (including phenoxy) is 1. The number of nitriles is 1. The first-order valence-electron chi connectivity index (χ1n) is 12.3. The second-order valence-electron chi connectivity index (χ2n) is 8.89. The van der Waals surface area contributed by atoms with Crippen LogP contribution < -0.4 is 4.90 Å². The molecule has 0 bridgehead atoms. The highest BCUT2D eigenvalue weighted by Gasteiger charge is 2.33. The lowest BCUT2D eigenvalue weighted by atomic mass is 9.95. The molecular formula is C26H35N5O2. The summed E-state index contributed by atoms with van der Waals surface area (Å²) in [6.07, 6.45) is 4.84. The van der Waals surface area contributed by atoms with Crippen molar-refractivity contribution in [2.75, 3.05) is 31.2 Å². The molecule has 3 aliphatic heterocycles. The number of carbonyl (C=O) groups is 1. The summed E-state index contributed by atoms with van der Waals surface area (Å²) < 4.78 is 7.82. The number of fused-ring (bicyclic) bond motifs is 2. The number of benzene rings is 1. The first kappa shape index (κ1) is 23.3. The molecule has 2 aromatic rings. The van der Waals surface area contributed by atoms with Gasteiger partial charge in [-0.05, 0) is 49.8 Å². The van der Waals surface area contributed by atoms with Gasteiger partial charge in [0.25, 0.3) is 0 Å². The maximum Gasteiger partial charge on any atom is 0.219 e. The lowest BCUT2D eigenvalue weighted by Gasteiger charge is -2.33. The van der Waals surface area contributed by atoms with E-state index in [1.807, 2.05) is 31.7 Å². The van der Waals surface area contributed by atoms with Crippen LogP contribution in [0, 0.1) is 18.3 Å². The second-order valence-corrected chi connectivity index (χ2v) is 8.89. The van der Waals surface area contributed by atoms with Crippen LogP contribution in [0.15, 0.2) is 12.1 Å². The minimum atomic E-state index is 0.108. The molecule has 0 unspecified atom stereocenters. The summed E-state index contributed by atoms with van der Waals surface area (Å²) in [5.41, 5.74) is 6.54. The van der Waals surface area contributed by atoms with E-state index in [9.17, 15) is 10.1 Å². The summed E-state index contributed by atoms with van der Waals surface area (Å²) in [5.74, 6) is 1.07. The van der Waals surface area contributed by atoms with Gasteiger partial charge in [0.1, 0.15) is 0 Å². The molecule has 0 N–H and O–H groups in total. The fraction of sp³-hybridized carbons (Fsp3) is 0.577. The molecule has 176 valence electrons. The highest BCUT2D eigenvalue weighted by atomic mass is 16.5. The van der Waals surface area contributed by atoms with E-state index in [0.717, 1.165) is 75.5 Å². The van der Waals surface area contributed by atoms with Crippen LogP contribution in [-0.4, -0.2) is 46.9 Å². The summed E-state index contributed by atoms with van der Waals surface area (Å²) in [7, 11) is 0. The number of hydrogen-bond acceptors (Lipinski definition) is 5. The molecule has 0 aliphatic carbocycles. The third-order valence-corrected chi connectivity index (χ3v) is 6.97. The van der Waals surface area contributed by atoms with Crippen molar-refractivity contribution in [2.45, 2.75) is 72.4 Å². The van der Waals surface area contributed by atoms with Crippen molar-refractivity contribution in [2.24, 2.45) is 0 Å². The third-order valence-electron chi connectivity index (χ3n) is 6.97. The van der Waals surface area contributed by atoms with Gasteiger partial charge in [-0.25, -0.2) is 0 Å². The van der Waals surface area contributed by atoms with Gasteiger partial charge in [-0.3, -0.25) is 9.48 Å². The molecule has 1 saturated heterocycles. The van der Waals surface area contributed by atoms with Crippen molar-refractivity contribution in [1.29, 1.82) is 5.26 Å². The minimum absolute atomic E-state index is 0.108. The van der Waals surface area contributed by atoms with Crippen LogP contribution in [0.3, 0.4) is 0 Å². The molecule has 1 aromatic heterocycles. The fourth-order valence-corrected chi connectivity index (χ4v) is 5.24. The van der Waals surface area contributed by atoms with E-state index in [2.05, 4.69) is 21.7 Å². The Morgan fingerprint density at radius 2 is 1.94 bits per heavy atom. The van der Waals surface area contributed by atoms with Gasteiger partial charge in [0.2, 0.25) is 5.91 Å². The number of amides is 1. The number of aromatic nitrogens is 2. The molecule has 0 radical (unpaired) electrons. The molecular weight excluding hydrogens is 414 g/mol. The van der Waals surface area contributed by atoms with Crippen LogP contribution in [0.1, 0.15) is 74.0 Å². The Kier molecular flexibility index (Phi) is 7.04. The van der Waals surface area contributed by atoms with Crippen LogP contribution >= 0.6 is 0 Å². The summed E-state index contributed by atoms with van der Waals surface area (Å²) in [5, 5.41) is 14.8. The zero-order valence-corrected chi connectivity index (χ0v) is 20.4. The van der Waals surface area contributed by atoms with Crippen LogP contribution in [0.2, 0.25) is 0 Å². The predicted molar refractivity (Wildman–Crippen MR) is 129 cm³/mol. The standard InChI is InChI=1S/C24H29N5O2.C2H6/c1-16-12-18-4-3-8-28(23(18)13-19(16)14-25)24-21-15-27(17(2)30)9-5-22(21)29(26-24)20-6-10-31-11-7-20;1-2/h12-13,20H,3-11,15H2,1-2H3;1-2H3. The zero-order valence-electron chi connectivity index (χ0n) is 20.4. The molecule has 7 nitrogen and oxygen atoms in total. The molecule has 1 fully saturated rings. The highest BCUT2D eigenvalue weighted by molar-refractivity contribution is 5.75. The Balaban J connectivity index is 0.00000126. The number of aryl methyl sites for hydroxylation is 2. The van der Waals surface area contributed by atoms with E-state index < -0.39 is 0 Å². The first-order chi connectivity index (χ1) is 16.1.